The fourth-order valence-corrected chi connectivity index (χ4v) is 3.30. The summed E-state index contributed by atoms with van der Waals surface area (Å²) in [5, 5.41) is 6.69. The first-order valence-electron chi connectivity index (χ1n) is 9.72. The van der Waals surface area contributed by atoms with Gasteiger partial charge in [-0.1, -0.05) is 36.3 Å². The number of alkyl carbamates (subject to hydrolysis) is 1. The molecule has 0 aliphatic heterocycles. The number of hydrogen-bond donors (Lipinski definition) is 2. The van der Waals surface area contributed by atoms with Crippen molar-refractivity contribution in [3.05, 3.63) is 58.1 Å². The van der Waals surface area contributed by atoms with Gasteiger partial charge in [-0.15, -0.1) is 6.42 Å². The third-order valence-corrected chi connectivity index (χ3v) is 4.70. The summed E-state index contributed by atoms with van der Waals surface area (Å²) < 4.78 is 16.4. The summed E-state index contributed by atoms with van der Waals surface area (Å²) in [7, 11) is 1.51. The highest BCUT2D eigenvalue weighted by Crippen LogP contribution is 2.36. The van der Waals surface area contributed by atoms with E-state index < -0.39 is 12.1 Å². The van der Waals surface area contributed by atoms with E-state index in [0.29, 0.717) is 21.5 Å². The molecular formula is C23H24BrN3O5. The SMILES string of the molecule is C#CCOc1c(Br)cc(/C=N\NC(=O)C[C@H](NC(=O)OCC)c2ccccc2)cc1OC. The average molecular weight is 502 g/mol. The number of carbonyl (C=O) groups excluding carboxylic acids is 2. The number of ether oxygens (including phenoxy) is 3. The summed E-state index contributed by atoms with van der Waals surface area (Å²) in [5.74, 6) is 2.95. The second kappa shape index (κ2) is 13.0. The van der Waals surface area contributed by atoms with E-state index in [1.807, 2.05) is 30.3 Å². The van der Waals surface area contributed by atoms with Crippen LogP contribution in [-0.2, 0) is 9.53 Å². The van der Waals surface area contributed by atoms with Crippen molar-refractivity contribution in [2.24, 2.45) is 5.10 Å². The van der Waals surface area contributed by atoms with Crippen molar-refractivity contribution in [1.82, 2.24) is 10.7 Å². The molecule has 0 unspecified atom stereocenters. The van der Waals surface area contributed by atoms with E-state index in [2.05, 4.69) is 37.7 Å². The molecule has 0 spiro atoms. The van der Waals surface area contributed by atoms with Crippen molar-refractivity contribution < 1.29 is 23.8 Å². The Morgan fingerprint density at radius 3 is 2.69 bits per heavy atom. The van der Waals surface area contributed by atoms with Crippen LogP contribution in [0.5, 0.6) is 11.5 Å². The van der Waals surface area contributed by atoms with Gasteiger partial charge in [-0.25, -0.2) is 10.2 Å². The Hall–Kier alpha value is -3.51. The lowest BCUT2D eigenvalue weighted by atomic mass is 10.0. The molecule has 0 aromatic heterocycles. The number of rotatable bonds is 10. The smallest absolute Gasteiger partial charge is 0.407 e. The topological polar surface area (TPSA) is 98.2 Å². The van der Waals surface area contributed by atoms with Gasteiger partial charge in [0.25, 0.3) is 0 Å². The minimum Gasteiger partial charge on any atom is -0.493 e. The third kappa shape index (κ3) is 7.63. The van der Waals surface area contributed by atoms with Crippen molar-refractivity contribution in [3.8, 4) is 23.8 Å². The minimum atomic E-state index is -0.596. The fourth-order valence-electron chi connectivity index (χ4n) is 2.73. The molecule has 0 radical (unpaired) electrons. The van der Waals surface area contributed by atoms with Crippen molar-refractivity contribution in [2.45, 2.75) is 19.4 Å². The van der Waals surface area contributed by atoms with Gasteiger partial charge in [-0.05, 0) is 46.1 Å². The van der Waals surface area contributed by atoms with Gasteiger partial charge >= 0.3 is 6.09 Å². The van der Waals surface area contributed by atoms with E-state index in [1.165, 1.54) is 13.3 Å². The molecule has 1 atom stereocenters. The molecule has 2 N–H and O–H groups in total. The lowest BCUT2D eigenvalue weighted by molar-refractivity contribution is -0.121. The van der Waals surface area contributed by atoms with Crippen LogP contribution in [-0.4, -0.2) is 38.5 Å². The van der Waals surface area contributed by atoms with Crippen LogP contribution in [0.1, 0.15) is 30.5 Å². The molecule has 8 nitrogen and oxygen atoms in total. The van der Waals surface area contributed by atoms with Gasteiger partial charge in [0, 0.05) is 0 Å². The van der Waals surface area contributed by atoms with Crippen LogP contribution < -0.4 is 20.2 Å². The lowest BCUT2D eigenvalue weighted by Gasteiger charge is -2.18. The van der Waals surface area contributed by atoms with Crippen LogP contribution in [0.3, 0.4) is 0 Å². The van der Waals surface area contributed by atoms with E-state index in [1.54, 1.807) is 19.1 Å². The van der Waals surface area contributed by atoms with Crippen LogP contribution >= 0.6 is 15.9 Å². The van der Waals surface area contributed by atoms with Crippen molar-refractivity contribution >= 4 is 34.1 Å². The molecule has 2 rings (SSSR count). The molecule has 168 valence electrons. The maximum Gasteiger partial charge on any atom is 0.407 e. The average Bonchev–Trinajstić information content (AvgIpc) is 2.78. The van der Waals surface area contributed by atoms with Crippen LogP contribution in [0, 0.1) is 12.3 Å². The highest BCUT2D eigenvalue weighted by atomic mass is 79.9. The molecule has 0 aliphatic rings. The first-order valence-corrected chi connectivity index (χ1v) is 10.5. The number of benzene rings is 2. The van der Waals surface area contributed by atoms with Gasteiger partial charge in [-0.2, -0.15) is 5.10 Å². The van der Waals surface area contributed by atoms with Crippen LogP contribution in [0.2, 0.25) is 0 Å². The molecule has 0 heterocycles. The van der Waals surface area contributed by atoms with Crippen molar-refractivity contribution in [2.75, 3.05) is 20.3 Å². The van der Waals surface area contributed by atoms with E-state index in [9.17, 15) is 9.59 Å². The van der Waals surface area contributed by atoms with E-state index in [-0.39, 0.29) is 25.5 Å². The van der Waals surface area contributed by atoms with Gasteiger partial charge in [0.05, 0.1) is 36.9 Å². The molecule has 0 fully saturated rings. The summed E-state index contributed by atoms with van der Waals surface area (Å²) in [6, 6.07) is 12.0. The molecule has 2 aromatic carbocycles. The second-order valence-electron chi connectivity index (χ2n) is 6.35. The zero-order valence-electron chi connectivity index (χ0n) is 17.8. The number of terminal acetylenes is 1. The predicted molar refractivity (Wildman–Crippen MR) is 125 cm³/mol. The van der Waals surface area contributed by atoms with Gasteiger partial charge in [-0.3, -0.25) is 4.79 Å². The zero-order chi connectivity index (χ0) is 23.3. The van der Waals surface area contributed by atoms with Crippen LogP contribution in [0.4, 0.5) is 4.79 Å². The molecule has 0 aliphatic carbocycles. The summed E-state index contributed by atoms with van der Waals surface area (Å²) >= 11 is 3.41. The number of nitrogens with one attached hydrogen (secondary N) is 2. The molecule has 0 bridgehead atoms. The number of nitrogens with zero attached hydrogens (tertiary/aromatic N) is 1. The molecule has 2 aromatic rings. The Morgan fingerprint density at radius 2 is 2.03 bits per heavy atom. The number of hydrazone groups is 1. The molecule has 0 saturated heterocycles. The number of amides is 2. The standard InChI is InChI=1S/C23H24BrN3O5/c1-4-11-32-22-18(24)12-16(13-20(22)30-3)15-25-27-21(28)14-19(26-23(29)31-5-2)17-9-7-6-8-10-17/h1,6-10,12-13,15,19H,5,11,14H2,2-3H3,(H,26,29)(H,27,28)/b25-15-/t19-/m0/s1. The summed E-state index contributed by atoms with van der Waals surface area (Å²) in [4.78, 5) is 24.3. The molecule has 2 amide bonds. The molecule has 32 heavy (non-hydrogen) atoms. The fraction of sp³-hybridized carbons (Fsp3) is 0.261. The van der Waals surface area contributed by atoms with E-state index in [0.717, 1.165) is 5.56 Å². The lowest BCUT2D eigenvalue weighted by Crippen LogP contribution is -2.33. The highest BCUT2D eigenvalue weighted by molar-refractivity contribution is 9.10. The molecule has 0 saturated carbocycles. The third-order valence-electron chi connectivity index (χ3n) is 4.11. The Morgan fingerprint density at radius 1 is 1.28 bits per heavy atom. The highest BCUT2D eigenvalue weighted by Gasteiger charge is 2.19. The quantitative estimate of drug-likeness (QED) is 0.293. The summed E-state index contributed by atoms with van der Waals surface area (Å²) in [6.45, 7) is 2.04. The maximum absolute atomic E-state index is 12.4. The van der Waals surface area contributed by atoms with Gasteiger partial charge in [0.2, 0.25) is 5.91 Å². The zero-order valence-corrected chi connectivity index (χ0v) is 19.3. The van der Waals surface area contributed by atoms with Gasteiger partial charge < -0.3 is 19.5 Å². The van der Waals surface area contributed by atoms with Crippen molar-refractivity contribution in [3.63, 3.8) is 0 Å². The number of methoxy groups -OCH3 is 1. The minimum absolute atomic E-state index is 0.0218. The predicted octanol–water partition coefficient (Wildman–Crippen LogP) is 3.80. The largest absolute Gasteiger partial charge is 0.493 e. The first kappa shape index (κ1) is 24.8. The number of carbonyl (C=O) groups is 2. The van der Waals surface area contributed by atoms with Crippen molar-refractivity contribution in [1.29, 1.82) is 0 Å². The number of halogens is 1. The molecular weight excluding hydrogens is 478 g/mol. The van der Waals surface area contributed by atoms with E-state index >= 15 is 0 Å². The summed E-state index contributed by atoms with van der Waals surface area (Å²) in [6.07, 6.45) is 6.08. The monoisotopic (exact) mass is 501 g/mol. The van der Waals surface area contributed by atoms with Gasteiger partial charge in [0.1, 0.15) is 6.61 Å². The Labute approximate surface area is 195 Å². The van der Waals surface area contributed by atoms with Crippen LogP contribution in [0.15, 0.2) is 52.0 Å². The summed E-state index contributed by atoms with van der Waals surface area (Å²) in [5.41, 5.74) is 3.90. The Balaban J connectivity index is 2.05. The first-order chi connectivity index (χ1) is 15.5. The maximum atomic E-state index is 12.4. The number of hydrogen-bond acceptors (Lipinski definition) is 6. The van der Waals surface area contributed by atoms with E-state index in [4.69, 9.17) is 20.6 Å². The normalized spacial score (nSPS) is 11.3. The van der Waals surface area contributed by atoms with Crippen LogP contribution in [0.25, 0.3) is 0 Å². The van der Waals surface area contributed by atoms with Gasteiger partial charge in [0.15, 0.2) is 11.5 Å². The Kier molecular flexibility index (Phi) is 10.1. The molecule has 9 heteroatoms. The second-order valence-corrected chi connectivity index (χ2v) is 7.21. The Bertz CT molecular complexity index is 989.